The minimum absolute atomic E-state index is 0.0524. The third-order valence-corrected chi connectivity index (χ3v) is 9.41. The van der Waals surface area contributed by atoms with Crippen molar-refractivity contribution in [1.82, 2.24) is 20.1 Å². The molecule has 2 aliphatic rings. The smallest absolute Gasteiger partial charge is 0.353 e. The fourth-order valence-corrected chi connectivity index (χ4v) is 7.84. The zero-order valence-electron chi connectivity index (χ0n) is 17.0. The maximum absolute atomic E-state index is 12.9. The number of carboxylic acids is 1. The van der Waals surface area contributed by atoms with E-state index in [1.807, 2.05) is 0 Å². The molecule has 34 heavy (non-hydrogen) atoms. The molecule has 4 rings (SSSR count). The van der Waals surface area contributed by atoms with Gasteiger partial charge in [-0.25, -0.2) is 9.78 Å². The van der Waals surface area contributed by atoms with Crippen LogP contribution in [-0.4, -0.2) is 64.9 Å². The quantitative estimate of drug-likeness (QED) is 0.0871. The van der Waals surface area contributed by atoms with Crippen LogP contribution in [0.4, 0.5) is 10.3 Å². The summed E-state index contributed by atoms with van der Waals surface area (Å²) in [5.74, 6) is -3.06. The summed E-state index contributed by atoms with van der Waals surface area (Å²) in [6.45, 7) is 0. The van der Waals surface area contributed by atoms with E-state index in [0.29, 0.717) is 32.3 Å². The molecule has 2 atom stereocenters. The van der Waals surface area contributed by atoms with Gasteiger partial charge in [0.15, 0.2) is 21.0 Å². The number of thiazole rings is 1. The molecule has 2 unspecified atom stereocenters. The average Bonchev–Trinajstić information content (AvgIpc) is 3.35. The van der Waals surface area contributed by atoms with Gasteiger partial charge in [0, 0.05) is 17.4 Å². The molecule has 1 saturated heterocycles. The van der Waals surface area contributed by atoms with Gasteiger partial charge in [0.05, 0.1) is 11.0 Å². The zero-order chi connectivity index (χ0) is 24.6. The van der Waals surface area contributed by atoms with Crippen molar-refractivity contribution in [3.05, 3.63) is 20.6 Å². The van der Waals surface area contributed by atoms with Crippen molar-refractivity contribution in [2.24, 2.45) is 11.1 Å². The van der Waals surface area contributed by atoms with E-state index in [1.165, 1.54) is 39.8 Å². The number of aromatic nitrogens is 3. The molecule has 2 aromatic heterocycles. The van der Waals surface area contributed by atoms with Gasteiger partial charge in [-0.1, -0.05) is 51.2 Å². The number of β-lactam (4-membered cyclic amide) rings is 1. The first kappa shape index (κ1) is 24.7. The first-order valence-electron chi connectivity index (χ1n) is 9.52. The third kappa shape index (κ3) is 4.72. The topological polar surface area (TPSA) is 198 Å². The van der Waals surface area contributed by atoms with Crippen LogP contribution in [0, 0.1) is 5.92 Å². The van der Waals surface area contributed by atoms with E-state index in [1.54, 1.807) is 0 Å². The highest BCUT2D eigenvalue weighted by Gasteiger charge is 2.53. The predicted octanol–water partition coefficient (Wildman–Crippen LogP) is 2.35. The first-order chi connectivity index (χ1) is 16.2. The number of Topliss-reactive ketones (excluding diaryl/α,β-unsaturated/α-hetero) is 1. The molecule has 6 N–H and O–H groups in total. The molecular formula is C17H16ClN7O5S4. The van der Waals surface area contributed by atoms with Crippen LogP contribution in [0.3, 0.4) is 0 Å². The lowest BCUT2D eigenvalue weighted by molar-refractivity contribution is -0.159. The molecule has 4 heterocycles. The molecule has 0 saturated carbocycles. The van der Waals surface area contributed by atoms with Crippen LogP contribution in [0.1, 0.15) is 25.0 Å². The average molecular weight is 562 g/mol. The van der Waals surface area contributed by atoms with Crippen LogP contribution in [0.2, 0.25) is 4.34 Å². The summed E-state index contributed by atoms with van der Waals surface area (Å²) < 4.78 is 0.753. The summed E-state index contributed by atoms with van der Waals surface area (Å²) in [6.07, 6.45) is 0.672. The molecule has 12 nitrogen and oxygen atoms in total. The van der Waals surface area contributed by atoms with E-state index in [9.17, 15) is 24.7 Å². The van der Waals surface area contributed by atoms with E-state index in [0.717, 1.165) is 11.3 Å². The molecule has 0 aromatic carbocycles. The fourth-order valence-electron chi connectivity index (χ4n) is 3.75. The Morgan fingerprint density at radius 2 is 2.00 bits per heavy atom. The van der Waals surface area contributed by atoms with Crippen LogP contribution in [0.15, 0.2) is 20.1 Å². The van der Waals surface area contributed by atoms with Crippen LogP contribution >= 0.6 is 57.8 Å². The molecule has 2 aliphatic heterocycles. The highest BCUT2D eigenvalue weighted by atomic mass is 35.5. The summed E-state index contributed by atoms with van der Waals surface area (Å²) in [7, 11) is 0. The zero-order valence-corrected chi connectivity index (χ0v) is 21.0. The van der Waals surface area contributed by atoms with Gasteiger partial charge in [-0.2, -0.15) is 0 Å². The number of rotatable bonds is 9. The van der Waals surface area contributed by atoms with Gasteiger partial charge in [0.1, 0.15) is 15.7 Å². The minimum Gasteiger partial charge on any atom is -0.477 e. The number of anilines is 2. The third-order valence-electron chi connectivity index (χ3n) is 5.16. The molecule has 17 heteroatoms. The lowest BCUT2D eigenvalue weighted by Gasteiger charge is -2.50. The second-order valence-electron chi connectivity index (χ2n) is 7.06. The van der Waals surface area contributed by atoms with Crippen molar-refractivity contribution in [3.8, 4) is 0 Å². The predicted molar refractivity (Wildman–Crippen MR) is 130 cm³/mol. The Morgan fingerprint density at radius 3 is 2.59 bits per heavy atom. The van der Waals surface area contributed by atoms with Gasteiger partial charge >= 0.3 is 5.97 Å². The summed E-state index contributed by atoms with van der Waals surface area (Å²) in [5, 5.41) is 30.7. The number of carbonyl (C=O) groups is 3. The van der Waals surface area contributed by atoms with E-state index in [2.05, 4.69) is 20.3 Å². The van der Waals surface area contributed by atoms with Crippen LogP contribution in [-0.2, 0) is 14.4 Å². The SMILES string of the molecule is Nc1nnc(SCSC2=C(C(=O)O)N3C(=O)C(CC(=O)/C(=N/O)c4nc(N)sc4Cl)C3CC2)s1. The van der Waals surface area contributed by atoms with Crippen molar-refractivity contribution in [1.29, 1.82) is 0 Å². The first-order valence-corrected chi connectivity index (χ1v) is 13.5. The number of halogens is 1. The number of hydrogen-bond acceptors (Lipinski definition) is 14. The van der Waals surface area contributed by atoms with Crippen LogP contribution < -0.4 is 11.5 Å². The van der Waals surface area contributed by atoms with Crippen molar-refractivity contribution in [3.63, 3.8) is 0 Å². The van der Waals surface area contributed by atoms with Gasteiger partial charge in [-0.3, -0.25) is 9.59 Å². The normalized spacial score (nSPS) is 20.3. The van der Waals surface area contributed by atoms with Gasteiger partial charge in [-0.05, 0) is 12.8 Å². The largest absolute Gasteiger partial charge is 0.477 e. The molecule has 0 bridgehead atoms. The number of fused-ring (bicyclic) bond motifs is 1. The van der Waals surface area contributed by atoms with E-state index < -0.39 is 29.6 Å². The van der Waals surface area contributed by atoms with Crippen molar-refractivity contribution < 1.29 is 24.7 Å². The van der Waals surface area contributed by atoms with Crippen molar-refractivity contribution in [2.75, 3.05) is 16.6 Å². The number of amides is 1. The summed E-state index contributed by atoms with van der Waals surface area (Å²) in [5.41, 5.74) is 10.6. The number of oxime groups is 1. The van der Waals surface area contributed by atoms with Crippen molar-refractivity contribution in [2.45, 2.75) is 29.6 Å². The molecule has 1 fully saturated rings. The number of nitrogen functional groups attached to an aromatic ring is 2. The number of aliphatic carboxylic acids is 1. The maximum atomic E-state index is 12.9. The van der Waals surface area contributed by atoms with Gasteiger partial charge in [0.2, 0.25) is 11.0 Å². The maximum Gasteiger partial charge on any atom is 0.353 e. The van der Waals surface area contributed by atoms with Gasteiger partial charge in [-0.15, -0.1) is 22.0 Å². The highest BCUT2D eigenvalue weighted by molar-refractivity contribution is 8.18. The molecule has 0 spiro atoms. The van der Waals surface area contributed by atoms with Crippen LogP contribution in [0.5, 0.6) is 0 Å². The number of ketones is 1. The Labute approximate surface area is 213 Å². The lowest BCUT2D eigenvalue weighted by atomic mass is 9.77. The van der Waals surface area contributed by atoms with E-state index >= 15 is 0 Å². The Kier molecular flexibility index (Phi) is 7.32. The van der Waals surface area contributed by atoms with Crippen molar-refractivity contribution >= 4 is 91.4 Å². The Bertz CT molecular complexity index is 1230. The second-order valence-corrected chi connectivity index (χ2v) is 12.4. The van der Waals surface area contributed by atoms with E-state index in [4.69, 9.17) is 23.1 Å². The second kappa shape index (κ2) is 10.1. The number of nitrogens with two attached hydrogens (primary N) is 2. The van der Waals surface area contributed by atoms with Gasteiger partial charge in [0.25, 0.3) is 0 Å². The minimum atomic E-state index is -1.21. The number of allylic oxidation sites excluding steroid dienone is 1. The molecule has 0 radical (unpaired) electrons. The highest BCUT2D eigenvalue weighted by Crippen LogP contribution is 2.45. The lowest BCUT2D eigenvalue weighted by Crippen LogP contribution is -2.63. The number of carboxylic acid groups (broad SMARTS) is 1. The van der Waals surface area contributed by atoms with Crippen LogP contribution in [0.25, 0.3) is 0 Å². The number of carbonyl (C=O) groups excluding carboxylic acids is 2. The van der Waals surface area contributed by atoms with E-state index in [-0.39, 0.29) is 33.0 Å². The molecule has 180 valence electrons. The molecular weight excluding hydrogens is 546 g/mol. The Hall–Kier alpha value is -2.40. The number of thioether (sulfide) groups is 2. The molecule has 1 amide bonds. The summed E-state index contributed by atoms with van der Waals surface area (Å²) in [6, 6.07) is -0.446. The fraction of sp³-hybridized carbons (Fsp3) is 0.353. The van der Waals surface area contributed by atoms with Gasteiger partial charge < -0.3 is 26.7 Å². The number of hydrogen-bond donors (Lipinski definition) is 4. The Morgan fingerprint density at radius 1 is 1.24 bits per heavy atom. The number of nitrogens with zero attached hydrogens (tertiary/aromatic N) is 5. The summed E-state index contributed by atoms with van der Waals surface area (Å²) >= 11 is 10.9. The standard InChI is InChI=1S/C17H16ClN7O5S4/c18-12-10(21-15(19)33-12)9(24-30)7(26)3-5-6-1-2-8(11(14(28)29)25(6)13(5)27)31-4-32-17-23-22-16(20)34-17/h5-6,30H,1-4H2,(H2,19,21)(H2,20,22)(H,28,29)/b24-9-. The Balaban J connectivity index is 1.45. The monoisotopic (exact) mass is 561 g/mol. The molecule has 0 aliphatic carbocycles. The molecule has 2 aromatic rings. The summed E-state index contributed by atoms with van der Waals surface area (Å²) in [4.78, 5) is 43.3.